The molecule has 0 aliphatic carbocycles. The lowest BCUT2D eigenvalue weighted by Gasteiger charge is -2.15. The van der Waals surface area contributed by atoms with E-state index >= 15 is 0 Å². The van der Waals surface area contributed by atoms with Crippen molar-refractivity contribution in [2.75, 3.05) is 0 Å². The molecule has 1 N–H and O–H groups in total. The highest BCUT2D eigenvalue weighted by Crippen LogP contribution is 2.30. The summed E-state index contributed by atoms with van der Waals surface area (Å²) in [7, 11) is 0. The lowest BCUT2D eigenvalue weighted by Crippen LogP contribution is -2.26. The van der Waals surface area contributed by atoms with Crippen molar-refractivity contribution in [3.8, 4) is 0 Å². The van der Waals surface area contributed by atoms with Crippen LogP contribution in [0.1, 0.15) is 40.4 Å². The summed E-state index contributed by atoms with van der Waals surface area (Å²) in [5, 5.41) is 2.61. The Kier molecular flexibility index (Phi) is 5.39. The lowest BCUT2D eigenvalue weighted by molar-refractivity contribution is -0.137. The Hall–Kier alpha value is -3.29. The molecule has 0 spiro atoms. The normalized spacial score (nSPS) is 12.6. The molecule has 8 heteroatoms. The van der Waals surface area contributed by atoms with Crippen molar-refractivity contribution in [3.05, 3.63) is 93.8 Å². The molecule has 0 fully saturated rings. The second-order valence-corrected chi connectivity index (χ2v) is 6.25. The van der Waals surface area contributed by atoms with E-state index in [0.29, 0.717) is 11.3 Å². The number of alkyl halides is 3. The van der Waals surface area contributed by atoms with Gasteiger partial charge in [-0.15, -0.1) is 0 Å². The number of nitrogens with zero attached hydrogens (tertiary/aromatic N) is 1. The Morgan fingerprint density at radius 2 is 1.93 bits per heavy atom. The first-order valence-electron chi connectivity index (χ1n) is 8.46. The maximum absolute atomic E-state index is 12.8. The molecule has 28 heavy (non-hydrogen) atoms. The number of amides is 1. The maximum Gasteiger partial charge on any atom is 0.416 e. The Bertz CT molecular complexity index is 1040. The third kappa shape index (κ3) is 4.51. The summed E-state index contributed by atoms with van der Waals surface area (Å²) in [6.07, 6.45) is -2.86. The minimum atomic E-state index is -4.45. The van der Waals surface area contributed by atoms with Crippen LogP contribution in [-0.4, -0.2) is 10.5 Å². The molecular formula is C20H17F3N2O3. The smallest absolute Gasteiger partial charge is 0.416 e. The van der Waals surface area contributed by atoms with Crippen LogP contribution < -0.4 is 10.9 Å². The summed E-state index contributed by atoms with van der Waals surface area (Å²) in [5.41, 5.74) is -0.659. The van der Waals surface area contributed by atoms with Crippen LogP contribution in [0.5, 0.6) is 0 Å². The van der Waals surface area contributed by atoms with Crippen LogP contribution in [0.15, 0.2) is 70.0 Å². The lowest BCUT2D eigenvalue weighted by atomic mass is 10.0. The number of rotatable bonds is 5. The van der Waals surface area contributed by atoms with E-state index in [0.717, 1.165) is 12.1 Å². The Labute approximate surface area is 158 Å². The predicted molar refractivity (Wildman–Crippen MR) is 95.8 cm³/mol. The van der Waals surface area contributed by atoms with Gasteiger partial charge in [0.25, 0.3) is 11.5 Å². The van der Waals surface area contributed by atoms with Gasteiger partial charge >= 0.3 is 6.18 Å². The summed E-state index contributed by atoms with van der Waals surface area (Å²) in [6.45, 7) is 1.75. The monoisotopic (exact) mass is 390 g/mol. The third-order valence-electron chi connectivity index (χ3n) is 4.17. The van der Waals surface area contributed by atoms with Crippen LogP contribution in [0.3, 0.4) is 0 Å². The standard InChI is InChI=1S/C20H17F3N2O3/c1-13(14-5-4-6-15(11-14)20(21,22)23)24-19(27)17-9-8-16(28-17)12-25-10-3-2-7-18(25)26/h2-11,13H,12H2,1H3,(H,24,27). The van der Waals surface area contributed by atoms with E-state index in [4.69, 9.17) is 4.42 Å². The summed E-state index contributed by atoms with van der Waals surface area (Å²) >= 11 is 0. The first-order chi connectivity index (χ1) is 13.2. The van der Waals surface area contributed by atoms with Crippen molar-refractivity contribution in [2.24, 2.45) is 0 Å². The van der Waals surface area contributed by atoms with Gasteiger partial charge in [0.2, 0.25) is 0 Å². The van der Waals surface area contributed by atoms with Crippen molar-refractivity contribution >= 4 is 5.91 Å². The van der Waals surface area contributed by atoms with Gasteiger partial charge in [0.05, 0.1) is 18.2 Å². The van der Waals surface area contributed by atoms with Crippen LogP contribution in [0.4, 0.5) is 13.2 Å². The Morgan fingerprint density at radius 3 is 2.64 bits per heavy atom. The molecule has 0 aliphatic rings. The van der Waals surface area contributed by atoms with Crippen LogP contribution in [-0.2, 0) is 12.7 Å². The highest BCUT2D eigenvalue weighted by molar-refractivity contribution is 5.91. The maximum atomic E-state index is 12.8. The fourth-order valence-corrected chi connectivity index (χ4v) is 2.68. The molecule has 1 amide bonds. The first-order valence-corrected chi connectivity index (χ1v) is 8.46. The second-order valence-electron chi connectivity index (χ2n) is 6.25. The molecule has 0 aliphatic heterocycles. The molecule has 3 aromatic rings. The zero-order valence-corrected chi connectivity index (χ0v) is 14.9. The van der Waals surface area contributed by atoms with Crippen molar-refractivity contribution < 1.29 is 22.4 Å². The van der Waals surface area contributed by atoms with Crippen LogP contribution in [0.25, 0.3) is 0 Å². The molecule has 0 bridgehead atoms. The van der Waals surface area contributed by atoms with E-state index in [1.54, 1.807) is 31.3 Å². The van der Waals surface area contributed by atoms with Gasteiger partial charge in [-0.05, 0) is 42.8 Å². The van der Waals surface area contributed by atoms with E-state index in [-0.39, 0.29) is 17.9 Å². The number of nitrogens with one attached hydrogen (secondary N) is 1. The fraction of sp³-hybridized carbons (Fsp3) is 0.200. The summed E-state index contributed by atoms with van der Waals surface area (Å²) in [5.74, 6) is -0.139. The van der Waals surface area contributed by atoms with E-state index in [1.807, 2.05) is 0 Å². The molecule has 146 valence electrons. The predicted octanol–water partition coefficient (Wildman–Crippen LogP) is 4.00. The van der Waals surface area contributed by atoms with Gasteiger partial charge in [-0.3, -0.25) is 9.59 Å². The minimum absolute atomic E-state index is 0.0119. The number of carbonyl (C=O) groups is 1. The number of halogens is 3. The van der Waals surface area contributed by atoms with E-state index in [9.17, 15) is 22.8 Å². The van der Waals surface area contributed by atoms with Crippen LogP contribution in [0.2, 0.25) is 0 Å². The van der Waals surface area contributed by atoms with Crippen molar-refractivity contribution in [3.63, 3.8) is 0 Å². The number of carbonyl (C=O) groups excluding carboxylic acids is 1. The average molecular weight is 390 g/mol. The largest absolute Gasteiger partial charge is 0.454 e. The SMILES string of the molecule is CC(NC(=O)c1ccc(Cn2ccccc2=O)o1)c1cccc(C(F)(F)F)c1. The third-order valence-corrected chi connectivity index (χ3v) is 4.17. The topological polar surface area (TPSA) is 64.2 Å². The zero-order valence-electron chi connectivity index (χ0n) is 14.9. The molecule has 0 saturated carbocycles. The number of aromatic nitrogens is 1. The highest BCUT2D eigenvalue weighted by Gasteiger charge is 2.30. The molecule has 1 atom stereocenters. The molecule has 3 rings (SSSR count). The zero-order chi connectivity index (χ0) is 20.3. The number of furan rings is 1. The highest BCUT2D eigenvalue weighted by atomic mass is 19.4. The molecular weight excluding hydrogens is 373 g/mol. The van der Waals surface area contributed by atoms with Gasteiger partial charge < -0.3 is 14.3 Å². The van der Waals surface area contributed by atoms with Gasteiger partial charge in [-0.25, -0.2) is 0 Å². The molecule has 0 saturated heterocycles. The summed E-state index contributed by atoms with van der Waals surface area (Å²) in [6, 6.07) is 11.9. The van der Waals surface area contributed by atoms with E-state index in [2.05, 4.69) is 5.32 Å². The van der Waals surface area contributed by atoms with Gasteiger partial charge in [-0.2, -0.15) is 13.2 Å². The van der Waals surface area contributed by atoms with Gasteiger partial charge in [0.15, 0.2) is 5.76 Å². The van der Waals surface area contributed by atoms with Crippen LogP contribution in [0, 0.1) is 0 Å². The number of pyridine rings is 1. The van der Waals surface area contributed by atoms with Crippen molar-refractivity contribution in [1.82, 2.24) is 9.88 Å². The summed E-state index contributed by atoms with van der Waals surface area (Å²) in [4.78, 5) is 24.1. The molecule has 1 aromatic carbocycles. The van der Waals surface area contributed by atoms with E-state index < -0.39 is 23.7 Å². The number of hydrogen-bond acceptors (Lipinski definition) is 3. The van der Waals surface area contributed by atoms with Crippen LogP contribution >= 0.6 is 0 Å². The Balaban J connectivity index is 1.69. The molecule has 5 nitrogen and oxygen atoms in total. The molecule has 2 aromatic heterocycles. The van der Waals surface area contributed by atoms with Crippen molar-refractivity contribution in [2.45, 2.75) is 25.7 Å². The second kappa shape index (κ2) is 7.75. The molecule has 0 radical (unpaired) electrons. The fourth-order valence-electron chi connectivity index (χ4n) is 2.68. The van der Waals surface area contributed by atoms with E-state index in [1.165, 1.54) is 28.8 Å². The number of benzene rings is 1. The average Bonchev–Trinajstić information content (AvgIpc) is 3.12. The first kappa shape index (κ1) is 19.5. The van der Waals surface area contributed by atoms with Crippen molar-refractivity contribution in [1.29, 1.82) is 0 Å². The quantitative estimate of drug-likeness (QED) is 0.716. The minimum Gasteiger partial charge on any atom is -0.454 e. The number of hydrogen-bond donors (Lipinski definition) is 1. The summed E-state index contributed by atoms with van der Waals surface area (Å²) < 4.78 is 45.4. The van der Waals surface area contributed by atoms with Gasteiger partial charge in [0, 0.05) is 12.3 Å². The molecule has 1 unspecified atom stereocenters. The Morgan fingerprint density at radius 1 is 1.14 bits per heavy atom. The van der Waals surface area contributed by atoms with Gasteiger partial charge in [-0.1, -0.05) is 18.2 Å². The van der Waals surface area contributed by atoms with Gasteiger partial charge in [0.1, 0.15) is 5.76 Å². The molecule has 2 heterocycles.